The average Bonchev–Trinajstić information content (AvgIpc) is 3.42. The first-order valence-electron chi connectivity index (χ1n) is 12.5. The maximum absolute atomic E-state index is 13.7. The first-order valence-corrected chi connectivity index (χ1v) is 13.4. The lowest BCUT2D eigenvalue weighted by Crippen LogP contribution is -2.56. The Kier molecular flexibility index (Phi) is 8.50. The molecule has 34 heavy (non-hydrogen) atoms. The number of likely N-dealkylation sites (tertiary alicyclic amines) is 1. The Labute approximate surface area is 209 Å². The molecular weight excluding hydrogens is 508 g/mol. The predicted octanol–water partition coefficient (Wildman–Crippen LogP) is -0.518. The van der Waals surface area contributed by atoms with Crippen LogP contribution in [0.4, 0.5) is 0 Å². The van der Waals surface area contributed by atoms with Crippen molar-refractivity contribution in [3.8, 4) is 0 Å². The van der Waals surface area contributed by atoms with Gasteiger partial charge in [-0.2, -0.15) is 0 Å². The number of hydrogen-bond acceptors (Lipinski definition) is 7. The maximum Gasteiger partial charge on any atom is 0.245 e. The molecule has 3 amide bonds. The van der Waals surface area contributed by atoms with Crippen LogP contribution in [-0.2, 0) is 23.9 Å². The van der Waals surface area contributed by atoms with Crippen LogP contribution in [0.2, 0.25) is 0 Å². The van der Waals surface area contributed by atoms with Crippen LogP contribution in [0, 0.1) is 11.8 Å². The van der Waals surface area contributed by atoms with E-state index in [1.165, 1.54) is 0 Å². The molecule has 10 nitrogen and oxygen atoms in total. The lowest BCUT2D eigenvalue weighted by molar-refractivity contribution is -0.142. The van der Waals surface area contributed by atoms with Crippen LogP contribution >= 0.6 is 15.9 Å². The van der Waals surface area contributed by atoms with E-state index >= 15 is 0 Å². The summed E-state index contributed by atoms with van der Waals surface area (Å²) < 4.78 is 11.8. The number of nitrogens with one attached hydrogen (secondary N) is 2. The molecule has 4 aliphatic rings. The normalized spacial score (nSPS) is 35.0. The SMILES string of the molecule is CCCNC(=O)[C@H]1[C@@H]2OC3(CC2Br)C(C(=O)NCCN2CCOCC2)N(CCCCO)C(=O)[C@H]13. The third-order valence-corrected chi connectivity index (χ3v) is 8.37. The van der Waals surface area contributed by atoms with Crippen molar-refractivity contribution in [2.45, 2.75) is 55.2 Å². The number of carbonyl (C=O) groups excluding carboxylic acids is 3. The molecule has 0 aliphatic carbocycles. The van der Waals surface area contributed by atoms with Gasteiger partial charge < -0.3 is 30.1 Å². The molecule has 4 fully saturated rings. The summed E-state index contributed by atoms with van der Waals surface area (Å²) in [7, 11) is 0. The Morgan fingerprint density at radius 1 is 1.15 bits per heavy atom. The van der Waals surface area contributed by atoms with E-state index in [-0.39, 0.29) is 29.2 Å². The van der Waals surface area contributed by atoms with Crippen molar-refractivity contribution in [1.82, 2.24) is 20.4 Å². The van der Waals surface area contributed by atoms with Crippen molar-refractivity contribution in [1.29, 1.82) is 0 Å². The van der Waals surface area contributed by atoms with Crippen molar-refractivity contribution in [2.75, 3.05) is 59.1 Å². The van der Waals surface area contributed by atoms with Gasteiger partial charge in [0.1, 0.15) is 11.6 Å². The molecule has 2 bridgehead atoms. The van der Waals surface area contributed by atoms with Gasteiger partial charge in [-0.05, 0) is 25.7 Å². The minimum atomic E-state index is -1.02. The Morgan fingerprint density at radius 3 is 2.59 bits per heavy atom. The largest absolute Gasteiger partial charge is 0.396 e. The molecule has 3 unspecified atom stereocenters. The van der Waals surface area contributed by atoms with Crippen LogP contribution in [-0.4, -0.2) is 114 Å². The van der Waals surface area contributed by atoms with Gasteiger partial charge in [-0.1, -0.05) is 22.9 Å². The zero-order chi connectivity index (χ0) is 24.3. The molecule has 4 heterocycles. The van der Waals surface area contributed by atoms with E-state index in [1.807, 2.05) is 6.92 Å². The van der Waals surface area contributed by atoms with Gasteiger partial charge in [-0.15, -0.1) is 0 Å². The second-order valence-electron chi connectivity index (χ2n) is 9.66. The van der Waals surface area contributed by atoms with Gasteiger partial charge in [0.2, 0.25) is 17.7 Å². The molecule has 0 aromatic rings. The fourth-order valence-corrected chi connectivity index (χ4v) is 6.93. The summed E-state index contributed by atoms with van der Waals surface area (Å²) in [5.74, 6) is -1.90. The third-order valence-electron chi connectivity index (χ3n) is 7.53. The Hall–Kier alpha value is -1.27. The molecule has 6 atom stereocenters. The first kappa shape index (κ1) is 25.8. The molecule has 11 heteroatoms. The molecular formula is C23H37BrN4O6. The number of amides is 3. The summed E-state index contributed by atoms with van der Waals surface area (Å²) in [6.45, 7) is 7.13. The van der Waals surface area contributed by atoms with E-state index in [2.05, 4.69) is 31.5 Å². The molecule has 3 N–H and O–H groups in total. The first-order chi connectivity index (χ1) is 16.4. The van der Waals surface area contributed by atoms with E-state index < -0.39 is 29.6 Å². The number of alkyl halides is 1. The second kappa shape index (κ2) is 11.2. The zero-order valence-electron chi connectivity index (χ0n) is 19.8. The number of rotatable bonds is 11. The van der Waals surface area contributed by atoms with Gasteiger partial charge in [0, 0.05) is 50.7 Å². The third kappa shape index (κ3) is 4.74. The van der Waals surface area contributed by atoms with Crippen molar-refractivity contribution >= 4 is 33.7 Å². The minimum Gasteiger partial charge on any atom is -0.396 e. The van der Waals surface area contributed by atoms with Gasteiger partial charge >= 0.3 is 0 Å². The van der Waals surface area contributed by atoms with Crippen molar-refractivity contribution < 1.29 is 29.0 Å². The van der Waals surface area contributed by atoms with E-state index in [4.69, 9.17) is 9.47 Å². The molecule has 4 saturated heterocycles. The highest BCUT2D eigenvalue weighted by Gasteiger charge is 2.76. The van der Waals surface area contributed by atoms with Crippen LogP contribution < -0.4 is 10.6 Å². The van der Waals surface area contributed by atoms with E-state index in [0.717, 1.165) is 19.5 Å². The van der Waals surface area contributed by atoms with Crippen molar-refractivity contribution in [3.05, 3.63) is 0 Å². The van der Waals surface area contributed by atoms with Crippen LogP contribution in [0.3, 0.4) is 0 Å². The monoisotopic (exact) mass is 544 g/mol. The molecule has 4 rings (SSSR count). The van der Waals surface area contributed by atoms with Crippen molar-refractivity contribution in [2.24, 2.45) is 11.8 Å². The summed E-state index contributed by atoms with van der Waals surface area (Å²) in [4.78, 5) is 44.1. The number of ether oxygens (including phenoxy) is 2. The lowest BCUT2D eigenvalue weighted by Gasteiger charge is -2.34. The highest BCUT2D eigenvalue weighted by molar-refractivity contribution is 9.09. The average molecular weight is 545 g/mol. The van der Waals surface area contributed by atoms with Crippen molar-refractivity contribution in [3.63, 3.8) is 0 Å². The molecule has 0 aromatic carbocycles. The second-order valence-corrected chi connectivity index (χ2v) is 10.8. The number of unbranched alkanes of at least 4 members (excludes halogenated alkanes) is 1. The van der Waals surface area contributed by atoms with E-state index in [1.54, 1.807) is 4.90 Å². The smallest absolute Gasteiger partial charge is 0.245 e. The quantitative estimate of drug-likeness (QED) is 0.236. The number of halogens is 1. The highest BCUT2D eigenvalue weighted by atomic mass is 79.9. The van der Waals surface area contributed by atoms with Gasteiger partial charge in [-0.25, -0.2) is 0 Å². The van der Waals surface area contributed by atoms with E-state index in [9.17, 15) is 19.5 Å². The number of morpholine rings is 1. The molecule has 0 aromatic heterocycles. The van der Waals surface area contributed by atoms with Gasteiger partial charge in [0.15, 0.2) is 0 Å². The van der Waals surface area contributed by atoms with Gasteiger partial charge in [0.25, 0.3) is 0 Å². The fourth-order valence-electron chi connectivity index (χ4n) is 5.99. The van der Waals surface area contributed by atoms with Gasteiger partial charge in [-0.3, -0.25) is 19.3 Å². The van der Waals surface area contributed by atoms with Crippen LogP contribution in [0.15, 0.2) is 0 Å². The number of aliphatic hydroxyl groups is 1. The zero-order valence-corrected chi connectivity index (χ0v) is 21.4. The highest BCUT2D eigenvalue weighted by Crippen LogP contribution is 2.59. The van der Waals surface area contributed by atoms with Gasteiger partial charge in [0.05, 0.1) is 31.2 Å². The summed E-state index contributed by atoms with van der Waals surface area (Å²) in [5.41, 5.74) is -1.02. The summed E-state index contributed by atoms with van der Waals surface area (Å²) in [6, 6.07) is -0.789. The standard InChI is InChI=1S/C23H37BrN4O6/c1-2-5-25-20(30)16-17-22(32)28(7-3-4-11-29)19(23(17)14-15(24)18(16)34-23)21(31)26-6-8-27-9-12-33-13-10-27/h15-19,29H,2-14H2,1H3,(H,25,30)(H,26,31)/t15?,16-,17+,18-,19?,23?/m1/s1. The molecule has 0 radical (unpaired) electrons. The van der Waals surface area contributed by atoms with Crippen LogP contribution in [0.1, 0.15) is 32.6 Å². The molecule has 0 saturated carbocycles. The lowest BCUT2D eigenvalue weighted by atomic mass is 9.70. The summed E-state index contributed by atoms with van der Waals surface area (Å²) in [5, 5.41) is 15.2. The summed E-state index contributed by atoms with van der Waals surface area (Å²) in [6.07, 6.45) is 1.99. The Balaban J connectivity index is 1.53. The summed E-state index contributed by atoms with van der Waals surface area (Å²) >= 11 is 3.67. The number of carbonyl (C=O) groups is 3. The number of fused-ring (bicyclic) bond motifs is 1. The Morgan fingerprint density at radius 2 is 1.88 bits per heavy atom. The maximum atomic E-state index is 13.7. The number of aliphatic hydroxyl groups excluding tert-OH is 1. The number of hydrogen-bond donors (Lipinski definition) is 3. The molecule has 1 spiro atoms. The fraction of sp³-hybridized carbons (Fsp3) is 0.870. The Bertz CT molecular complexity index is 766. The molecule has 192 valence electrons. The molecule has 4 aliphatic heterocycles. The van der Waals surface area contributed by atoms with E-state index in [0.29, 0.717) is 58.7 Å². The predicted molar refractivity (Wildman–Crippen MR) is 127 cm³/mol. The number of nitrogens with zero attached hydrogens (tertiary/aromatic N) is 2. The topological polar surface area (TPSA) is 120 Å². The minimum absolute atomic E-state index is 0.0249. The van der Waals surface area contributed by atoms with Crippen LogP contribution in [0.5, 0.6) is 0 Å². The van der Waals surface area contributed by atoms with Crippen LogP contribution in [0.25, 0.3) is 0 Å².